The van der Waals surface area contributed by atoms with Gasteiger partial charge < -0.3 is 20.5 Å². The van der Waals surface area contributed by atoms with Crippen molar-refractivity contribution in [2.75, 3.05) is 26.5 Å². The monoisotopic (exact) mass is 318 g/mol. The first-order valence-electron chi connectivity index (χ1n) is 7.17. The summed E-state index contributed by atoms with van der Waals surface area (Å²) in [5.41, 5.74) is 10.3. The minimum absolute atomic E-state index is 0.00209. The van der Waals surface area contributed by atoms with Crippen molar-refractivity contribution in [2.45, 2.75) is 12.5 Å². The SMILES string of the molecule is COc1cc2c(cc1OC)C(c1cc(Cl)ccc1N)NCC2. The van der Waals surface area contributed by atoms with Crippen molar-refractivity contribution >= 4 is 17.3 Å². The van der Waals surface area contributed by atoms with Gasteiger partial charge in [-0.25, -0.2) is 0 Å². The Kier molecular flexibility index (Phi) is 4.14. The number of hydrogen-bond donors (Lipinski definition) is 2. The minimum Gasteiger partial charge on any atom is -0.493 e. The summed E-state index contributed by atoms with van der Waals surface area (Å²) in [5.74, 6) is 1.47. The van der Waals surface area contributed by atoms with Gasteiger partial charge in [0, 0.05) is 17.3 Å². The zero-order valence-corrected chi connectivity index (χ0v) is 13.4. The smallest absolute Gasteiger partial charge is 0.161 e. The Labute approximate surface area is 135 Å². The lowest BCUT2D eigenvalue weighted by Crippen LogP contribution is -2.31. The maximum atomic E-state index is 6.15. The molecule has 0 bridgehead atoms. The number of hydrogen-bond acceptors (Lipinski definition) is 4. The van der Waals surface area contributed by atoms with Crippen LogP contribution in [-0.4, -0.2) is 20.8 Å². The van der Waals surface area contributed by atoms with Gasteiger partial charge in [-0.15, -0.1) is 0 Å². The molecule has 0 saturated carbocycles. The highest BCUT2D eigenvalue weighted by Crippen LogP contribution is 2.39. The molecule has 116 valence electrons. The van der Waals surface area contributed by atoms with Crippen LogP contribution in [0.2, 0.25) is 5.02 Å². The fraction of sp³-hybridized carbons (Fsp3) is 0.294. The molecule has 0 spiro atoms. The normalized spacial score (nSPS) is 17.0. The van der Waals surface area contributed by atoms with E-state index in [2.05, 4.69) is 5.32 Å². The van der Waals surface area contributed by atoms with E-state index in [0.29, 0.717) is 5.02 Å². The number of rotatable bonds is 3. The van der Waals surface area contributed by atoms with Gasteiger partial charge in [-0.05, 0) is 53.4 Å². The van der Waals surface area contributed by atoms with Gasteiger partial charge >= 0.3 is 0 Å². The van der Waals surface area contributed by atoms with Crippen LogP contribution in [0.3, 0.4) is 0 Å². The van der Waals surface area contributed by atoms with Gasteiger partial charge in [-0.3, -0.25) is 0 Å². The van der Waals surface area contributed by atoms with Crippen LogP contribution in [0.25, 0.3) is 0 Å². The van der Waals surface area contributed by atoms with E-state index in [9.17, 15) is 0 Å². The molecule has 1 unspecified atom stereocenters. The summed E-state index contributed by atoms with van der Waals surface area (Å²) in [6, 6.07) is 9.63. The van der Waals surface area contributed by atoms with Crippen molar-refractivity contribution in [3.05, 3.63) is 52.0 Å². The molecular weight excluding hydrogens is 300 g/mol. The fourth-order valence-corrected chi connectivity index (χ4v) is 3.14. The van der Waals surface area contributed by atoms with Crippen molar-refractivity contribution in [3.8, 4) is 11.5 Å². The Morgan fingerprint density at radius 3 is 2.55 bits per heavy atom. The van der Waals surface area contributed by atoms with E-state index in [1.54, 1.807) is 20.3 Å². The topological polar surface area (TPSA) is 56.5 Å². The fourth-order valence-electron chi connectivity index (χ4n) is 2.96. The van der Waals surface area contributed by atoms with Gasteiger partial charge in [0.1, 0.15) is 0 Å². The quantitative estimate of drug-likeness (QED) is 0.853. The molecule has 2 aromatic carbocycles. The number of fused-ring (bicyclic) bond motifs is 1. The number of nitrogens with one attached hydrogen (secondary N) is 1. The van der Waals surface area contributed by atoms with Crippen LogP contribution in [0.5, 0.6) is 11.5 Å². The maximum absolute atomic E-state index is 6.15. The third-order valence-electron chi connectivity index (χ3n) is 4.06. The molecule has 0 radical (unpaired) electrons. The second kappa shape index (κ2) is 6.07. The third-order valence-corrected chi connectivity index (χ3v) is 4.29. The van der Waals surface area contributed by atoms with Gasteiger partial charge in [0.15, 0.2) is 11.5 Å². The lowest BCUT2D eigenvalue weighted by Gasteiger charge is -2.29. The molecule has 4 nitrogen and oxygen atoms in total. The number of anilines is 1. The Morgan fingerprint density at radius 2 is 1.82 bits per heavy atom. The standard InChI is InChI=1S/C17H19ClN2O2/c1-21-15-7-10-5-6-20-17(12(10)9-16(15)22-2)13-8-11(18)3-4-14(13)19/h3-4,7-9,17,20H,5-6,19H2,1-2H3. The second-order valence-electron chi connectivity index (χ2n) is 5.32. The lowest BCUT2D eigenvalue weighted by molar-refractivity contribution is 0.353. The van der Waals surface area contributed by atoms with E-state index in [1.165, 1.54) is 5.56 Å². The van der Waals surface area contributed by atoms with Gasteiger partial charge in [0.2, 0.25) is 0 Å². The number of methoxy groups -OCH3 is 2. The predicted molar refractivity (Wildman–Crippen MR) is 89.0 cm³/mol. The van der Waals surface area contributed by atoms with Gasteiger partial charge in [-0.2, -0.15) is 0 Å². The highest BCUT2D eigenvalue weighted by molar-refractivity contribution is 6.30. The molecule has 22 heavy (non-hydrogen) atoms. The highest BCUT2D eigenvalue weighted by atomic mass is 35.5. The average Bonchev–Trinajstić information content (AvgIpc) is 2.55. The molecule has 0 saturated heterocycles. The zero-order chi connectivity index (χ0) is 15.7. The summed E-state index contributed by atoms with van der Waals surface area (Å²) in [5, 5.41) is 4.19. The summed E-state index contributed by atoms with van der Waals surface area (Å²) in [7, 11) is 3.29. The van der Waals surface area contributed by atoms with Crippen molar-refractivity contribution in [1.82, 2.24) is 5.32 Å². The van der Waals surface area contributed by atoms with E-state index in [4.69, 9.17) is 26.8 Å². The maximum Gasteiger partial charge on any atom is 0.161 e. The minimum atomic E-state index is 0.00209. The second-order valence-corrected chi connectivity index (χ2v) is 5.75. The molecule has 2 aromatic rings. The molecule has 0 amide bonds. The van der Waals surface area contributed by atoms with Crippen LogP contribution in [0.1, 0.15) is 22.7 Å². The molecule has 3 N–H and O–H groups in total. The number of nitrogen functional groups attached to an aromatic ring is 1. The van der Waals surface area contributed by atoms with Crippen molar-refractivity contribution in [2.24, 2.45) is 0 Å². The van der Waals surface area contributed by atoms with E-state index in [-0.39, 0.29) is 6.04 Å². The molecule has 0 aliphatic carbocycles. The number of nitrogens with two attached hydrogens (primary N) is 1. The number of halogens is 1. The lowest BCUT2D eigenvalue weighted by atomic mass is 9.88. The van der Waals surface area contributed by atoms with Gasteiger partial charge in [-0.1, -0.05) is 11.6 Å². The molecule has 5 heteroatoms. The van der Waals surface area contributed by atoms with Crippen LogP contribution in [0.4, 0.5) is 5.69 Å². The van der Waals surface area contributed by atoms with Gasteiger partial charge in [0.25, 0.3) is 0 Å². The first-order valence-corrected chi connectivity index (χ1v) is 7.55. The summed E-state index contributed by atoms with van der Waals surface area (Å²) in [4.78, 5) is 0. The zero-order valence-electron chi connectivity index (χ0n) is 12.7. The first-order chi connectivity index (χ1) is 10.6. The molecule has 0 fully saturated rings. The van der Waals surface area contributed by atoms with Crippen LogP contribution < -0.4 is 20.5 Å². The average molecular weight is 319 g/mol. The van der Waals surface area contributed by atoms with Crippen LogP contribution in [-0.2, 0) is 6.42 Å². The van der Waals surface area contributed by atoms with E-state index in [0.717, 1.165) is 41.3 Å². The van der Waals surface area contributed by atoms with E-state index in [1.807, 2.05) is 24.3 Å². The molecule has 1 atom stereocenters. The third kappa shape index (κ3) is 2.60. The van der Waals surface area contributed by atoms with Crippen LogP contribution in [0, 0.1) is 0 Å². The number of benzene rings is 2. The van der Waals surface area contributed by atoms with E-state index >= 15 is 0 Å². The Hall–Kier alpha value is -1.91. The molecule has 1 aliphatic heterocycles. The first kappa shape index (κ1) is 15.0. The highest BCUT2D eigenvalue weighted by Gasteiger charge is 2.25. The summed E-state index contributed by atoms with van der Waals surface area (Å²) in [6.45, 7) is 0.874. The Bertz CT molecular complexity index is 703. The number of ether oxygens (including phenoxy) is 2. The van der Waals surface area contributed by atoms with Crippen LogP contribution in [0.15, 0.2) is 30.3 Å². The largest absolute Gasteiger partial charge is 0.493 e. The summed E-state index contributed by atoms with van der Waals surface area (Å²) >= 11 is 6.14. The molecule has 1 aliphatic rings. The van der Waals surface area contributed by atoms with Crippen LogP contribution >= 0.6 is 11.6 Å². The predicted octanol–water partition coefficient (Wildman–Crippen LogP) is 3.17. The van der Waals surface area contributed by atoms with Crippen molar-refractivity contribution in [3.63, 3.8) is 0 Å². The van der Waals surface area contributed by atoms with Crippen molar-refractivity contribution in [1.29, 1.82) is 0 Å². The summed E-state index contributed by atoms with van der Waals surface area (Å²) < 4.78 is 10.8. The van der Waals surface area contributed by atoms with E-state index < -0.39 is 0 Å². The molecule has 1 heterocycles. The van der Waals surface area contributed by atoms with Crippen molar-refractivity contribution < 1.29 is 9.47 Å². The molecular formula is C17H19ClN2O2. The molecule has 3 rings (SSSR count). The summed E-state index contributed by atoms with van der Waals surface area (Å²) in [6.07, 6.45) is 0.937. The van der Waals surface area contributed by atoms with Gasteiger partial charge in [0.05, 0.1) is 20.3 Å². The molecule has 0 aromatic heterocycles. The Morgan fingerprint density at radius 1 is 1.09 bits per heavy atom. The Balaban J connectivity index is 2.13.